The van der Waals surface area contributed by atoms with E-state index in [1.165, 1.54) is 12.7 Å². The Hall–Kier alpha value is -2.30. The highest BCUT2D eigenvalue weighted by Gasteiger charge is 2.11. The number of rotatable bonds is 11. The van der Waals surface area contributed by atoms with Crippen LogP contribution in [0.2, 0.25) is 0 Å². The van der Waals surface area contributed by atoms with E-state index in [4.69, 9.17) is 9.47 Å². The van der Waals surface area contributed by atoms with Crippen molar-refractivity contribution in [2.45, 2.75) is 26.4 Å². The Labute approximate surface area is 199 Å². The van der Waals surface area contributed by atoms with Crippen LogP contribution >= 0.6 is 24.0 Å². The van der Waals surface area contributed by atoms with Gasteiger partial charge in [-0.25, -0.2) is 0 Å². The van der Waals surface area contributed by atoms with Gasteiger partial charge in [-0.15, -0.1) is 24.0 Å². The molecule has 0 aliphatic heterocycles. The number of alkyl halides is 2. The molecule has 172 valence electrons. The number of methoxy groups -OCH3 is 2. The maximum absolute atomic E-state index is 12.6. The lowest BCUT2D eigenvalue weighted by atomic mass is 10.1. The van der Waals surface area contributed by atoms with Crippen LogP contribution in [-0.4, -0.2) is 46.4 Å². The zero-order chi connectivity index (χ0) is 21.8. The maximum Gasteiger partial charge on any atom is 0.387 e. The number of benzene rings is 2. The second kappa shape index (κ2) is 14.7. The van der Waals surface area contributed by atoms with E-state index in [-0.39, 0.29) is 35.5 Å². The highest BCUT2D eigenvalue weighted by molar-refractivity contribution is 14.0. The fourth-order valence-electron chi connectivity index (χ4n) is 2.82. The monoisotopic (exact) mass is 549 g/mol. The van der Waals surface area contributed by atoms with Crippen molar-refractivity contribution < 1.29 is 23.0 Å². The quantitative estimate of drug-likeness (QED) is 0.249. The minimum atomic E-state index is -2.90. The number of nitrogens with zero attached hydrogens (tertiary/aromatic N) is 1. The molecule has 2 aromatic carbocycles. The zero-order valence-electron chi connectivity index (χ0n) is 18.0. The molecule has 0 saturated heterocycles. The van der Waals surface area contributed by atoms with Crippen molar-refractivity contribution >= 4 is 29.9 Å². The smallest absolute Gasteiger partial charge is 0.387 e. The summed E-state index contributed by atoms with van der Waals surface area (Å²) in [5.41, 5.74) is 2.04. The summed E-state index contributed by atoms with van der Waals surface area (Å²) in [6.45, 7) is 1.07. The standard InChI is InChI=1S/C22H29F2N3O3.HI/c1-4-25-22(26-13-11-16-5-8-18(28-2)9-6-16)27-14-12-17-7-10-19(29-3)20(15-17)30-21(23)24;/h5-10,15,21H,4,11-14H2,1-3H3,(H2,25,26,27);1H. The Bertz CT molecular complexity index is 805. The normalized spacial score (nSPS) is 11.0. The molecule has 0 aliphatic carbocycles. The van der Waals surface area contributed by atoms with Gasteiger partial charge in [-0.1, -0.05) is 18.2 Å². The SMILES string of the molecule is CCNC(=NCCc1ccc(OC)cc1)NCCc1ccc(OC)c(OC(F)F)c1.I. The summed E-state index contributed by atoms with van der Waals surface area (Å²) in [6, 6.07) is 12.9. The number of hydrogen-bond acceptors (Lipinski definition) is 4. The minimum Gasteiger partial charge on any atom is -0.497 e. The molecule has 9 heteroatoms. The van der Waals surface area contributed by atoms with E-state index in [2.05, 4.69) is 20.4 Å². The van der Waals surface area contributed by atoms with Crippen molar-refractivity contribution in [3.8, 4) is 17.2 Å². The first-order valence-corrected chi connectivity index (χ1v) is 9.82. The summed E-state index contributed by atoms with van der Waals surface area (Å²) >= 11 is 0. The summed E-state index contributed by atoms with van der Waals surface area (Å²) in [4.78, 5) is 4.59. The van der Waals surface area contributed by atoms with Crippen LogP contribution in [0.4, 0.5) is 8.78 Å². The second-order valence-corrected chi connectivity index (χ2v) is 6.40. The molecular formula is C22H30F2IN3O3. The zero-order valence-corrected chi connectivity index (χ0v) is 20.3. The van der Waals surface area contributed by atoms with Gasteiger partial charge in [0.1, 0.15) is 5.75 Å². The molecular weight excluding hydrogens is 519 g/mol. The number of halogens is 3. The predicted octanol–water partition coefficient (Wildman–Crippen LogP) is 4.26. The van der Waals surface area contributed by atoms with Gasteiger partial charge in [0.05, 0.1) is 14.2 Å². The van der Waals surface area contributed by atoms with E-state index in [0.29, 0.717) is 25.5 Å². The van der Waals surface area contributed by atoms with Gasteiger partial charge < -0.3 is 24.8 Å². The van der Waals surface area contributed by atoms with Gasteiger partial charge in [0.15, 0.2) is 17.5 Å². The van der Waals surface area contributed by atoms with E-state index in [0.717, 1.165) is 24.3 Å². The van der Waals surface area contributed by atoms with Crippen molar-refractivity contribution in [2.24, 2.45) is 4.99 Å². The van der Waals surface area contributed by atoms with Gasteiger partial charge in [0.2, 0.25) is 0 Å². The topological polar surface area (TPSA) is 64.1 Å². The molecule has 6 nitrogen and oxygen atoms in total. The average molecular weight is 549 g/mol. The third kappa shape index (κ3) is 9.58. The fraction of sp³-hybridized carbons (Fsp3) is 0.409. The minimum absolute atomic E-state index is 0. The molecule has 31 heavy (non-hydrogen) atoms. The fourth-order valence-corrected chi connectivity index (χ4v) is 2.82. The Kier molecular flexibility index (Phi) is 12.6. The molecule has 0 aromatic heterocycles. The van der Waals surface area contributed by atoms with Gasteiger partial charge in [0, 0.05) is 19.6 Å². The maximum atomic E-state index is 12.6. The van der Waals surface area contributed by atoms with Gasteiger partial charge in [-0.05, 0) is 55.2 Å². The lowest BCUT2D eigenvalue weighted by Crippen LogP contribution is -2.38. The molecule has 0 spiro atoms. The summed E-state index contributed by atoms with van der Waals surface area (Å²) in [5.74, 6) is 1.85. The van der Waals surface area contributed by atoms with Gasteiger partial charge in [-0.2, -0.15) is 8.78 Å². The molecule has 0 saturated carbocycles. The van der Waals surface area contributed by atoms with Crippen LogP contribution in [0.1, 0.15) is 18.1 Å². The van der Waals surface area contributed by atoms with Crippen LogP contribution in [0.5, 0.6) is 17.2 Å². The molecule has 2 aromatic rings. The molecule has 0 fully saturated rings. The number of hydrogen-bond donors (Lipinski definition) is 2. The molecule has 0 heterocycles. The van der Waals surface area contributed by atoms with E-state index in [9.17, 15) is 8.78 Å². The molecule has 0 bridgehead atoms. The molecule has 0 radical (unpaired) electrons. The van der Waals surface area contributed by atoms with E-state index in [1.807, 2.05) is 37.3 Å². The highest BCUT2D eigenvalue weighted by atomic mass is 127. The van der Waals surface area contributed by atoms with Crippen molar-refractivity contribution in [3.63, 3.8) is 0 Å². The second-order valence-electron chi connectivity index (χ2n) is 6.40. The lowest BCUT2D eigenvalue weighted by molar-refractivity contribution is -0.0512. The molecule has 0 amide bonds. The van der Waals surface area contributed by atoms with Crippen LogP contribution < -0.4 is 24.8 Å². The Balaban J connectivity index is 0.00000480. The lowest BCUT2D eigenvalue weighted by Gasteiger charge is -2.13. The first-order valence-electron chi connectivity index (χ1n) is 9.82. The molecule has 0 aliphatic rings. The van der Waals surface area contributed by atoms with E-state index >= 15 is 0 Å². The van der Waals surface area contributed by atoms with Crippen LogP contribution in [0.25, 0.3) is 0 Å². The van der Waals surface area contributed by atoms with Gasteiger partial charge >= 0.3 is 6.61 Å². The third-order valence-corrected chi connectivity index (χ3v) is 4.32. The van der Waals surface area contributed by atoms with Crippen molar-refractivity contribution in [2.75, 3.05) is 33.9 Å². The number of ether oxygens (including phenoxy) is 3. The van der Waals surface area contributed by atoms with Crippen LogP contribution in [0.15, 0.2) is 47.5 Å². The van der Waals surface area contributed by atoms with Crippen LogP contribution in [0.3, 0.4) is 0 Å². The van der Waals surface area contributed by atoms with Crippen molar-refractivity contribution in [1.29, 1.82) is 0 Å². The summed E-state index contributed by atoms with van der Waals surface area (Å²) in [6.07, 6.45) is 1.43. The van der Waals surface area contributed by atoms with Gasteiger partial charge in [0.25, 0.3) is 0 Å². The average Bonchev–Trinajstić information content (AvgIpc) is 2.74. The van der Waals surface area contributed by atoms with Crippen LogP contribution in [0, 0.1) is 0 Å². The van der Waals surface area contributed by atoms with E-state index in [1.54, 1.807) is 19.2 Å². The van der Waals surface area contributed by atoms with Crippen molar-refractivity contribution in [3.05, 3.63) is 53.6 Å². The summed E-state index contributed by atoms with van der Waals surface area (Å²) < 4.78 is 39.9. The Morgan fingerprint density at radius 1 is 0.935 bits per heavy atom. The Morgan fingerprint density at radius 3 is 2.26 bits per heavy atom. The molecule has 2 rings (SSSR count). The first kappa shape index (κ1) is 26.7. The number of guanidine groups is 1. The molecule has 2 N–H and O–H groups in total. The largest absolute Gasteiger partial charge is 0.497 e. The number of aliphatic imine (C=N–C) groups is 1. The van der Waals surface area contributed by atoms with E-state index < -0.39 is 6.61 Å². The van der Waals surface area contributed by atoms with Crippen LogP contribution in [-0.2, 0) is 12.8 Å². The summed E-state index contributed by atoms with van der Waals surface area (Å²) in [7, 11) is 3.06. The predicted molar refractivity (Wildman–Crippen MR) is 129 cm³/mol. The number of nitrogens with one attached hydrogen (secondary N) is 2. The molecule has 0 unspecified atom stereocenters. The van der Waals surface area contributed by atoms with Crippen molar-refractivity contribution in [1.82, 2.24) is 10.6 Å². The highest BCUT2D eigenvalue weighted by Crippen LogP contribution is 2.29. The third-order valence-electron chi connectivity index (χ3n) is 4.32. The summed E-state index contributed by atoms with van der Waals surface area (Å²) in [5, 5.41) is 6.47. The van der Waals surface area contributed by atoms with Gasteiger partial charge in [-0.3, -0.25) is 4.99 Å². The first-order chi connectivity index (χ1) is 14.5. The Morgan fingerprint density at radius 2 is 1.65 bits per heavy atom. The molecule has 0 atom stereocenters.